The molecule has 2 heterocycles. The smallest absolute Gasteiger partial charge is 0.00940 e. The van der Waals surface area contributed by atoms with Crippen LogP contribution in [0.2, 0.25) is 0 Å². The zero-order valence-electron chi connectivity index (χ0n) is 13.9. The monoisotopic (exact) mass is 281 g/mol. The van der Waals surface area contributed by atoms with E-state index in [1.165, 1.54) is 71.4 Å². The van der Waals surface area contributed by atoms with Crippen LogP contribution in [0.15, 0.2) is 0 Å². The third-order valence-corrected chi connectivity index (χ3v) is 5.32. The Hall–Kier alpha value is -0.120. The van der Waals surface area contributed by atoms with E-state index >= 15 is 0 Å². The molecule has 0 spiro atoms. The highest BCUT2D eigenvalue weighted by Crippen LogP contribution is 2.21. The predicted octanol–water partition coefficient (Wildman–Crippen LogP) is 2.57. The summed E-state index contributed by atoms with van der Waals surface area (Å²) in [5.74, 6) is 0.859. The third kappa shape index (κ3) is 4.71. The molecule has 2 rings (SSSR count). The first-order chi connectivity index (χ1) is 9.72. The molecule has 1 N–H and O–H groups in total. The summed E-state index contributed by atoms with van der Waals surface area (Å²) in [5.41, 5.74) is 0. The summed E-state index contributed by atoms with van der Waals surface area (Å²) < 4.78 is 0. The SMILES string of the molecule is CCCN1CCC(NC(C)C2CCCN(CC)C2)CC1. The Morgan fingerprint density at radius 3 is 2.45 bits per heavy atom. The van der Waals surface area contributed by atoms with Crippen LogP contribution in [-0.2, 0) is 0 Å². The topological polar surface area (TPSA) is 18.5 Å². The Morgan fingerprint density at radius 2 is 1.80 bits per heavy atom. The van der Waals surface area contributed by atoms with Crippen molar-refractivity contribution < 1.29 is 0 Å². The molecular formula is C17H35N3. The predicted molar refractivity (Wildman–Crippen MR) is 87.2 cm³/mol. The number of hydrogen-bond donors (Lipinski definition) is 1. The zero-order valence-corrected chi connectivity index (χ0v) is 13.9. The van der Waals surface area contributed by atoms with Crippen LogP contribution in [0.1, 0.15) is 52.9 Å². The quantitative estimate of drug-likeness (QED) is 0.807. The maximum atomic E-state index is 3.94. The third-order valence-electron chi connectivity index (χ3n) is 5.32. The first kappa shape index (κ1) is 16.3. The number of likely N-dealkylation sites (tertiary alicyclic amines) is 2. The molecule has 0 aliphatic carbocycles. The van der Waals surface area contributed by atoms with Gasteiger partial charge in [-0.1, -0.05) is 13.8 Å². The lowest BCUT2D eigenvalue weighted by atomic mass is 9.90. The Morgan fingerprint density at radius 1 is 1.05 bits per heavy atom. The normalized spacial score (nSPS) is 28.6. The molecule has 0 radical (unpaired) electrons. The molecule has 2 aliphatic rings. The lowest BCUT2D eigenvalue weighted by Crippen LogP contribution is -2.50. The van der Waals surface area contributed by atoms with Gasteiger partial charge in [0.15, 0.2) is 0 Å². The lowest BCUT2D eigenvalue weighted by Gasteiger charge is -2.39. The minimum Gasteiger partial charge on any atom is -0.311 e. The molecule has 0 amide bonds. The van der Waals surface area contributed by atoms with Crippen molar-refractivity contribution in [2.75, 3.05) is 39.3 Å². The largest absolute Gasteiger partial charge is 0.311 e. The molecule has 0 bridgehead atoms. The highest BCUT2D eigenvalue weighted by molar-refractivity contribution is 4.85. The maximum Gasteiger partial charge on any atom is 0.00940 e. The van der Waals surface area contributed by atoms with Crippen LogP contribution in [0.25, 0.3) is 0 Å². The standard InChI is InChI=1S/C17H35N3/c1-4-10-20-12-8-17(9-13-20)18-15(3)16-7-6-11-19(5-2)14-16/h15-18H,4-14H2,1-3H3. The first-order valence-electron chi connectivity index (χ1n) is 8.93. The molecular weight excluding hydrogens is 246 g/mol. The van der Waals surface area contributed by atoms with Crippen LogP contribution < -0.4 is 5.32 Å². The van der Waals surface area contributed by atoms with Crippen molar-refractivity contribution in [2.45, 2.75) is 65.0 Å². The second kappa shape index (κ2) is 8.35. The van der Waals surface area contributed by atoms with Gasteiger partial charge in [-0.2, -0.15) is 0 Å². The summed E-state index contributed by atoms with van der Waals surface area (Å²) >= 11 is 0. The van der Waals surface area contributed by atoms with E-state index in [4.69, 9.17) is 0 Å². The van der Waals surface area contributed by atoms with Crippen molar-refractivity contribution in [3.05, 3.63) is 0 Å². The summed E-state index contributed by atoms with van der Waals surface area (Å²) in [5, 5.41) is 3.94. The highest BCUT2D eigenvalue weighted by Gasteiger charge is 2.26. The molecule has 0 aromatic rings. The van der Waals surface area contributed by atoms with Gasteiger partial charge >= 0.3 is 0 Å². The van der Waals surface area contributed by atoms with Gasteiger partial charge < -0.3 is 15.1 Å². The summed E-state index contributed by atoms with van der Waals surface area (Å²) in [6, 6.07) is 1.45. The van der Waals surface area contributed by atoms with Crippen molar-refractivity contribution in [3.8, 4) is 0 Å². The average molecular weight is 281 g/mol. The first-order valence-corrected chi connectivity index (χ1v) is 8.93. The van der Waals surface area contributed by atoms with Crippen molar-refractivity contribution in [1.29, 1.82) is 0 Å². The van der Waals surface area contributed by atoms with Crippen molar-refractivity contribution in [2.24, 2.45) is 5.92 Å². The second-order valence-electron chi connectivity index (χ2n) is 6.87. The fraction of sp³-hybridized carbons (Fsp3) is 1.00. The molecule has 0 aromatic heterocycles. The minimum absolute atomic E-state index is 0.687. The van der Waals surface area contributed by atoms with Crippen LogP contribution in [0.3, 0.4) is 0 Å². The second-order valence-corrected chi connectivity index (χ2v) is 6.87. The van der Waals surface area contributed by atoms with Gasteiger partial charge in [-0.25, -0.2) is 0 Å². The average Bonchev–Trinajstić information content (AvgIpc) is 2.49. The molecule has 2 atom stereocenters. The van der Waals surface area contributed by atoms with Gasteiger partial charge in [0.25, 0.3) is 0 Å². The van der Waals surface area contributed by atoms with Gasteiger partial charge in [-0.3, -0.25) is 0 Å². The van der Waals surface area contributed by atoms with Crippen LogP contribution >= 0.6 is 0 Å². The van der Waals surface area contributed by atoms with E-state index in [-0.39, 0.29) is 0 Å². The summed E-state index contributed by atoms with van der Waals surface area (Å²) in [4.78, 5) is 5.25. The van der Waals surface area contributed by atoms with Crippen molar-refractivity contribution >= 4 is 0 Å². The number of nitrogens with one attached hydrogen (secondary N) is 1. The Balaban J connectivity index is 1.70. The molecule has 2 fully saturated rings. The van der Waals surface area contributed by atoms with Gasteiger partial charge in [-0.15, -0.1) is 0 Å². The van der Waals surface area contributed by atoms with Gasteiger partial charge in [0.1, 0.15) is 0 Å². The number of rotatable bonds is 6. The molecule has 118 valence electrons. The molecule has 0 aromatic carbocycles. The molecule has 20 heavy (non-hydrogen) atoms. The fourth-order valence-corrected chi connectivity index (χ4v) is 3.93. The van der Waals surface area contributed by atoms with E-state index < -0.39 is 0 Å². The Kier molecular flexibility index (Phi) is 6.79. The van der Waals surface area contributed by atoms with Crippen LogP contribution in [0, 0.1) is 5.92 Å². The molecule has 3 nitrogen and oxygen atoms in total. The molecule has 2 saturated heterocycles. The van der Waals surface area contributed by atoms with E-state index in [0.29, 0.717) is 6.04 Å². The van der Waals surface area contributed by atoms with Crippen LogP contribution in [-0.4, -0.2) is 61.2 Å². The van der Waals surface area contributed by atoms with E-state index in [0.717, 1.165) is 12.0 Å². The highest BCUT2D eigenvalue weighted by atomic mass is 15.2. The van der Waals surface area contributed by atoms with Crippen LogP contribution in [0.4, 0.5) is 0 Å². The van der Waals surface area contributed by atoms with Gasteiger partial charge in [0.05, 0.1) is 0 Å². The van der Waals surface area contributed by atoms with Gasteiger partial charge in [-0.05, 0) is 77.7 Å². The molecule has 0 saturated carbocycles. The van der Waals surface area contributed by atoms with E-state index in [9.17, 15) is 0 Å². The number of hydrogen-bond acceptors (Lipinski definition) is 3. The fourth-order valence-electron chi connectivity index (χ4n) is 3.93. The number of piperidine rings is 2. The van der Waals surface area contributed by atoms with Gasteiger partial charge in [0.2, 0.25) is 0 Å². The van der Waals surface area contributed by atoms with E-state index in [1.54, 1.807) is 0 Å². The van der Waals surface area contributed by atoms with Crippen LogP contribution in [0.5, 0.6) is 0 Å². The summed E-state index contributed by atoms with van der Waals surface area (Å²) in [7, 11) is 0. The Labute approximate surface area is 126 Å². The summed E-state index contributed by atoms with van der Waals surface area (Å²) in [6.07, 6.45) is 6.78. The van der Waals surface area contributed by atoms with Crippen molar-refractivity contribution in [1.82, 2.24) is 15.1 Å². The minimum atomic E-state index is 0.687. The lowest BCUT2D eigenvalue weighted by molar-refractivity contribution is 0.138. The Bertz CT molecular complexity index is 261. The number of nitrogens with zero attached hydrogens (tertiary/aromatic N) is 2. The van der Waals surface area contributed by atoms with Gasteiger partial charge in [0, 0.05) is 18.6 Å². The molecule has 2 aliphatic heterocycles. The molecule has 3 heteroatoms. The maximum absolute atomic E-state index is 3.94. The van der Waals surface area contributed by atoms with E-state index in [2.05, 4.69) is 35.9 Å². The zero-order chi connectivity index (χ0) is 14.4. The summed E-state index contributed by atoms with van der Waals surface area (Å²) in [6.45, 7) is 14.7. The van der Waals surface area contributed by atoms with Crippen molar-refractivity contribution in [3.63, 3.8) is 0 Å². The molecule has 2 unspecified atom stereocenters. The van der Waals surface area contributed by atoms with E-state index in [1.807, 2.05) is 0 Å².